The van der Waals surface area contributed by atoms with Gasteiger partial charge in [0.1, 0.15) is 5.69 Å². The Labute approximate surface area is 255 Å². The van der Waals surface area contributed by atoms with Crippen LogP contribution in [0.5, 0.6) is 0 Å². The van der Waals surface area contributed by atoms with E-state index < -0.39 is 11.8 Å². The molecule has 0 saturated heterocycles. The fraction of sp³-hybridized carbons (Fsp3) is 0.0357. The summed E-state index contributed by atoms with van der Waals surface area (Å²) in [4.78, 5) is 30.5. The summed E-state index contributed by atoms with van der Waals surface area (Å²) >= 11 is 22.9. The first-order valence-corrected chi connectivity index (χ1v) is 14.0. The Kier molecular flexibility index (Phi) is 7.16. The summed E-state index contributed by atoms with van der Waals surface area (Å²) in [6.45, 7) is 0.222. The summed E-state index contributed by atoms with van der Waals surface area (Å²) in [6.07, 6.45) is 3.21. The number of amides is 2. The molecule has 3 N–H and O–H groups in total. The molecule has 0 aliphatic rings. The minimum absolute atomic E-state index is 0.0518. The monoisotopic (exact) mass is 667 g/mol. The summed E-state index contributed by atoms with van der Waals surface area (Å²) in [5.74, 6) is -1.13. The van der Waals surface area contributed by atoms with E-state index in [1.807, 2.05) is 12.1 Å². The number of nitrogens with one attached hydrogen (secondary N) is 1. The highest BCUT2D eigenvalue weighted by Gasteiger charge is 2.24. The van der Waals surface area contributed by atoms with Crippen LogP contribution < -0.4 is 11.1 Å². The van der Waals surface area contributed by atoms with E-state index in [-0.39, 0.29) is 39.4 Å². The van der Waals surface area contributed by atoms with Gasteiger partial charge in [0, 0.05) is 21.4 Å². The standard InChI is InChI=1S/C28H17BrCl3N7O2/c29-15-6-7-17-14(9-15)10-18(26(33)40)25(24(17)32)36-28(41)23-11-16(37-39(23)27-21(31)4-2-8-34-27)13-38-22-5-1-3-20(30)19(22)12-35-38/h1-12H,13H2,(H2,33,40)(H,36,41). The maximum atomic E-state index is 13.8. The molecule has 0 aliphatic heterocycles. The summed E-state index contributed by atoms with van der Waals surface area (Å²) in [5.41, 5.74) is 7.20. The van der Waals surface area contributed by atoms with Crippen molar-refractivity contribution in [3.05, 3.63) is 110 Å². The SMILES string of the molecule is NC(=O)c1cc2cc(Br)ccc2c(Cl)c1NC(=O)c1cc(Cn2ncc3c(Cl)cccc32)nn1-c1ncccc1Cl. The van der Waals surface area contributed by atoms with Crippen molar-refractivity contribution in [2.75, 3.05) is 5.32 Å². The maximum absolute atomic E-state index is 13.8. The number of aromatic nitrogens is 5. The van der Waals surface area contributed by atoms with Gasteiger partial charge in [-0.3, -0.25) is 14.3 Å². The Bertz CT molecular complexity index is 2020. The van der Waals surface area contributed by atoms with Gasteiger partial charge in [-0.05, 0) is 53.9 Å². The number of benzene rings is 3. The number of nitrogens with zero attached hydrogens (tertiary/aromatic N) is 5. The molecule has 3 aromatic carbocycles. The van der Waals surface area contributed by atoms with Crippen LogP contribution in [0.4, 0.5) is 5.69 Å². The second-order valence-corrected chi connectivity index (χ2v) is 11.1. The Hall–Kier alpha value is -3.96. The number of fused-ring (bicyclic) bond motifs is 2. The zero-order chi connectivity index (χ0) is 28.8. The molecule has 41 heavy (non-hydrogen) atoms. The fourth-order valence-electron chi connectivity index (χ4n) is 4.54. The molecule has 0 atom stereocenters. The van der Waals surface area contributed by atoms with E-state index in [0.29, 0.717) is 21.5 Å². The molecule has 9 nitrogen and oxygen atoms in total. The van der Waals surface area contributed by atoms with Crippen LogP contribution in [0.25, 0.3) is 27.5 Å². The van der Waals surface area contributed by atoms with Crippen molar-refractivity contribution in [3.63, 3.8) is 0 Å². The van der Waals surface area contributed by atoms with Crippen LogP contribution >= 0.6 is 50.7 Å². The average molecular weight is 670 g/mol. The Morgan fingerprint density at radius 1 is 0.976 bits per heavy atom. The first-order chi connectivity index (χ1) is 19.7. The van der Waals surface area contributed by atoms with Crippen LogP contribution in [0.3, 0.4) is 0 Å². The second-order valence-electron chi connectivity index (χ2n) is 9.01. The summed E-state index contributed by atoms with van der Waals surface area (Å²) in [7, 11) is 0. The fourth-order valence-corrected chi connectivity index (χ4v) is 5.66. The molecule has 0 unspecified atom stereocenters. The molecular weight excluding hydrogens is 653 g/mol. The molecule has 6 rings (SSSR count). The number of primary amides is 1. The number of pyridine rings is 1. The molecule has 0 radical (unpaired) electrons. The number of halogens is 4. The van der Waals surface area contributed by atoms with E-state index in [9.17, 15) is 9.59 Å². The summed E-state index contributed by atoms with van der Waals surface area (Å²) in [6, 6.07) is 17.4. The van der Waals surface area contributed by atoms with Crippen molar-refractivity contribution in [1.82, 2.24) is 24.5 Å². The molecule has 13 heteroatoms. The number of carbonyl (C=O) groups is 2. The van der Waals surface area contributed by atoms with E-state index in [1.165, 1.54) is 10.9 Å². The number of rotatable bonds is 6. The predicted molar refractivity (Wildman–Crippen MR) is 163 cm³/mol. The van der Waals surface area contributed by atoms with Crippen LogP contribution in [-0.2, 0) is 6.54 Å². The van der Waals surface area contributed by atoms with Gasteiger partial charge in [-0.2, -0.15) is 10.2 Å². The van der Waals surface area contributed by atoms with E-state index >= 15 is 0 Å². The lowest BCUT2D eigenvalue weighted by Crippen LogP contribution is -2.21. The third-order valence-corrected chi connectivity index (χ3v) is 7.93. The predicted octanol–water partition coefficient (Wildman–Crippen LogP) is 6.89. The van der Waals surface area contributed by atoms with Crippen molar-refractivity contribution in [1.29, 1.82) is 0 Å². The minimum atomic E-state index is -0.754. The number of hydrogen-bond donors (Lipinski definition) is 2. The van der Waals surface area contributed by atoms with E-state index in [0.717, 1.165) is 15.4 Å². The Morgan fingerprint density at radius 2 is 1.78 bits per heavy atom. The van der Waals surface area contributed by atoms with E-state index in [4.69, 9.17) is 40.5 Å². The van der Waals surface area contributed by atoms with Crippen LogP contribution in [0.2, 0.25) is 15.1 Å². The van der Waals surface area contributed by atoms with Gasteiger partial charge in [-0.25, -0.2) is 9.67 Å². The van der Waals surface area contributed by atoms with Crippen molar-refractivity contribution in [2.24, 2.45) is 5.73 Å². The number of hydrogen-bond acceptors (Lipinski definition) is 5. The maximum Gasteiger partial charge on any atom is 0.274 e. The highest BCUT2D eigenvalue weighted by Crippen LogP contribution is 2.36. The van der Waals surface area contributed by atoms with Gasteiger partial charge >= 0.3 is 0 Å². The molecule has 3 aromatic heterocycles. The van der Waals surface area contributed by atoms with Gasteiger partial charge in [0.2, 0.25) is 0 Å². The Morgan fingerprint density at radius 3 is 2.56 bits per heavy atom. The molecule has 0 saturated carbocycles. The highest BCUT2D eigenvalue weighted by molar-refractivity contribution is 9.10. The van der Waals surface area contributed by atoms with Crippen LogP contribution in [0.15, 0.2) is 77.5 Å². The molecule has 0 aliphatic carbocycles. The van der Waals surface area contributed by atoms with Crippen LogP contribution in [-0.4, -0.2) is 36.4 Å². The van der Waals surface area contributed by atoms with Crippen LogP contribution in [0, 0.1) is 0 Å². The largest absolute Gasteiger partial charge is 0.366 e. The lowest BCUT2D eigenvalue weighted by atomic mass is 10.0. The lowest BCUT2D eigenvalue weighted by molar-refractivity contribution is 0.100. The lowest BCUT2D eigenvalue weighted by Gasteiger charge is -2.14. The van der Waals surface area contributed by atoms with Gasteiger partial charge in [0.05, 0.1) is 50.3 Å². The molecule has 0 bridgehead atoms. The molecule has 0 spiro atoms. The Balaban J connectivity index is 1.45. The number of nitrogens with two attached hydrogens (primary N) is 1. The van der Waals surface area contributed by atoms with E-state index in [2.05, 4.69) is 36.4 Å². The minimum Gasteiger partial charge on any atom is -0.366 e. The molecule has 6 aromatic rings. The average Bonchev–Trinajstić information content (AvgIpc) is 3.55. The van der Waals surface area contributed by atoms with Gasteiger partial charge in [-0.1, -0.05) is 62.9 Å². The third kappa shape index (κ3) is 5.04. The van der Waals surface area contributed by atoms with Gasteiger partial charge in [-0.15, -0.1) is 0 Å². The van der Waals surface area contributed by atoms with E-state index in [1.54, 1.807) is 59.4 Å². The normalized spacial score (nSPS) is 11.3. The van der Waals surface area contributed by atoms with Crippen molar-refractivity contribution in [3.8, 4) is 5.82 Å². The first-order valence-electron chi connectivity index (χ1n) is 12.0. The van der Waals surface area contributed by atoms with Crippen molar-refractivity contribution in [2.45, 2.75) is 6.54 Å². The molecule has 0 fully saturated rings. The molecular formula is C28H17BrCl3N7O2. The van der Waals surface area contributed by atoms with Crippen molar-refractivity contribution >= 4 is 89.9 Å². The first kappa shape index (κ1) is 27.2. The third-order valence-electron chi connectivity index (χ3n) is 6.42. The quantitative estimate of drug-likeness (QED) is 0.200. The second kappa shape index (κ2) is 10.8. The van der Waals surface area contributed by atoms with Gasteiger partial charge in [0.15, 0.2) is 5.82 Å². The molecule has 3 heterocycles. The van der Waals surface area contributed by atoms with Crippen LogP contribution in [0.1, 0.15) is 26.5 Å². The number of carbonyl (C=O) groups excluding carboxylic acids is 2. The smallest absolute Gasteiger partial charge is 0.274 e. The van der Waals surface area contributed by atoms with Gasteiger partial charge < -0.3 is 11.1 Å². The topological polar surface area (TPSA) is 121 Å². The van der Waals surface area contributed by atoms with Crippen molar-refractivity contribution < 1.29 is 9.59 Å². The molecule has 204 valence electrons. The zero-order valence-electron chi connectivity index (χ0n) is 20.8. The number of anilines is 1. The summed E-state index contributed by atoms with van der Waals surface area (Å²) < 4.78 is 3.85. The molecule has 2 amide bonds. The highest BCUT2D eigenvalue weighted by atomic mass is 79.9. The zero-order valence-corrected chi connectivity index (χ0v) is 24.6. The summed E-state index contributed by atoms with van der Waals surface area (Å²) in [5, 5.41) is 14.9. The van der Waals surface area contributed by atoms with Gasteiger partial charge in [0.25, 0.3) is 11.8 Å².